The molecule has 0 saturated heterocycles. The van der Waals surface area contributed by atoms with Crippen LogP contribution in [0, 0.1) is 56.9 Å². The molecule has 0 fully saturated rings. The van der Waals surface area contributed by atoms with Crippen molar-refractivity contribution in [3.8, 4) is 40.6 Å². The summed E-state index contributed by atoms with van der Waals surface area (Å²) in [6, 6.07) is 35.2. The molecule has 0 spiro atoms. The maximum absolute atomic E-state index is 16.0. The van der Waals surface area contributed by atoms with E-state index < -0.39 is 34.1 Å². The maximum Gasteiger partial charge on any atom is 0.164 e. The summed E-state index contributed by atoms with van der Waals surface area (Å²) < 4.78 is 47.0. The lowest BCUT2D eigenvalue weighted by molar-refractivity contribution is 0.530. The quantitative estimate of drug-likeness (QED) is 0.179. The number of allylic oxidation sites excluding steroid dienone is 1. The molecule has 0 unspecified atom stereocenters. The van der Waals surface area contributed by atoms with E-state index in [-0.39, 0.29) is 17.0 Å². The standard InChI is InChI=1S/C40H20F3N7/c41-35-30(20-45)36(42)34(37(43)31(35)21-46)29-18-28-33(38(47)40(29)50-49-26-9-5-2-6-10-26)27-16-15-25(23-13-11-22(19-44)12-14-23)17-32(27)48-39(28)24-7-3-1-4-8-24/h1-18,47,49H/b47-38?,50-40-. The minimum Gasteiger partial charge on any atom is -0.298 e. The van der Waals surface area contributed by atoms with Crippen LogP contribution < -0.4 is 5.43 Å². The molecule has 0 amide bonds. The van der Waals surface area contributed by atoms with Crippen molar-refractivity contribution in [2.75, 3.05) is 5.43 Å². The van der Waals surface area contributed by atoms with Crippen LogP contribution in [0.1, 0.15) is 33.4 Å². The SMILES string of the molecule is N#Cc1ccc(-c2ccc3c4c(c(-c5ccccc5)nc3c2)C=C(c2c(F)c(C#N)c(F)c(C#N)c2F)/C(=N/Nc2ccccc2)C4=N)cc1. The van der Waals surface area contributed by atoms with Gasteiger partial charge in [-0.15, -0.1) is 0 Å². The third-order valence-corrected chi connectivity index (χ3v) is 8.33. The Morgan fingerprint density at radius 2 is 1.28 bits per heavy atom. The van der Waals surface area contributed by atoms with Gasteiger partial charge in [-0.2, -0.15) is 20.9 Å². The van der Waals surface area contributed by atoms with Gasteiger partial charge < -0.3 is 0 Å². The fourth-order valence-corrected chi connectivity index (χ4v) is 5.92. The number of pyridine rings is 1. The second-order valence-electron chi connectivity index (χ2n) is 11.2. The fourth-order valence-electron chi connectivity index (χ4n) is 5.92. The monoisotopic (exact) mass is 655 g/mol. The second kappa shape index (κ2) is 12.7. The largest absolute Gasteiger partial charge is 0.298 e. The first-order chi connectivity index (χ1) is 24.3. The summed E-state index contributed by atoms with van der Waals surface area (Å²) in [4.78, 5) is 4.98. The van der Waals surface area contributed by atoms with E-state index >= 15 is 8.78 Å². The van der Waals surface area contributed by atoms with Gasteiger partial charge in [-0.1, -0.05) is 72.8 Å². The lowest BCUT2D eigenvalue weighted by atomic mass is 9.81. The van der Waals surface area contributed by atoms with Gasteiger partial charge in [0, 0.05) is 27.6 Å². The van der Waals surface area contributed by atoms with Crippen LogP contribution in [-0.2, 0) is 0 Å². The molecule has 50 heavy (non-hydrogen) atoms. The molecule has 2 N–H and O–H groups in total. The summed E-state index contributed by atoms with van der Waals surface area (Å²) in [6.45, 7) is 0. The van der Waals surface area contributed by atoms with Crippen LogP contribution in [0.2, 0.25) is 0 Å². The van der Waals surface area contributed by atoms with Gasteiger partial charge in [0.05, 0.1) is 39.8 Å². The highest BCUT2D eigenvalue weighted by Gasteiger charge is 2.35. The molecule has 0 saturated carbocycles. The van der Waals surface area contributed by atoms with Gasteiger partial charge in [-0.25, -0.2) is 18.2 Å². The predicted octanol–water partition coefficient (Wildman–Crippen LogP) is 8.99. The minimum absolute atomic E-state index is 0.221. The number of aromatic nitrogens is 1. The van der Waals surface area contributed by atoms with Crippen molar-refractivity contribution in [3.63, 3.8) is 0 Å². The van der Waals surface area contributed by atoms with E-state index in [0.717, 1.165) is 11.1 Å². The molecule has 0 bridgehead atoms. The van der Waals surface area contributed by atoms with Gasteiger partial charge >= 0.3 is 0 Å². The maximum atomic E-state index is 16.0. The Morgan fingerprint density at radius 3 is 1.90 bits per heavy atom. The highest BCUT2D eigenvalue weighted by Crippen LogP contribution is 2.41. The van der Waals surface area contributed by atoms with E-state index in [1.807, 2.05) is 30.3 Å². The van der Waals surface area contributed by atoms with Crippen molar-refractivity contribution in [3.05, 3.63) is 154 Å². The molecule has 1 heterocycles. The molecule has 1 aliphatic rings. The smallest absolute Gasteiger partial charge is 0.164 e. The lowest BCUT2D eigenvalue weighted by Crippen LogP contribution is -2.25. The highest BCUT2D eigenvalue weighted by molar-refractivity contribution is 6.65. The average Bonchev–Trinajstić information content (AvgIpc) is 3.15. The Balaban J connectivity index is 1.56. The van der Waals surface area contributed by atoms with Gasteiger partial charge in [0.2, 0.25) is 0 Å². The lowest BCUT2D eigenvalue weighted by Gasteiger charge is -2.25. The van der Waals surface area contributed by atoms with Crippen molar-refractivity contribution in [2.24, 2.45) is 5.10 Å². The molecule has 5 aromatic carbocycles. The van der Waals surface area contributed by atoms with E-state index in [9.17, 15) is 25.6 Å². The molecule has 7 rings (SSSR count). The second-order valence-corrected chi connectivity index (χ2v) is 11.2. The molecule has 236 valence electrons. The summed E-state index contributed by atoms with van der Waals surface area (Å²) in [5, 5.41) is 43.0. The summed E-state index contributed by atoms with van der Waals surface area (Å²) in [6.07, 6.45) is 1.41. The molecular weight excluding hydrogens is 635 g/mol. The molecule has 1 aliphatic carbocycles. The van der Waals surface area contributed by atoms with Crippen molar-refractivity contribution in [1.82, 2.24) is 4.98 Å². The Kier molecular flexibility index (Phi) is 7.93. The number of para-hydroxylation sites is 1. The molecule has 0 atom stereocenters. The van der Waals surface area contributed by atoms with E-state index in [0.29, 0.717) is 44.5 Å². The first-order valence-corrected chi connectivity index (χ1v) is 15.1. The van der Waals surface area contributed by atoms with Crippen LogP contribution >= 0.6 is 0 Å². The molecule has 0 aliphatic heterocycles. The topological polar surface area (TPSA) is 132 Å². The van der Waals surface area contributed by atoms with Gasteiger partial charge in [-0.05, 0) is 47.5 Å². The average molecular weight is 656 g/mol. The normalized spacial score (nSPS) is 12.8. The van der Waals surface area contributed by atoms with E-state index in [2.05, 4.69) is 16.6 Å². The molecule has 7 nitrogen and oxygen atoms in total. The number of anilines is 1. The Morgan fingerprint density at radius 1 is 0.660 bits per heavy atom. The predicted molar refractivity (Wildman–Crippen MR) is 185 cm³/mol. The molecular formula is C40H20F3N7. The van der Waals surface area contributed by atoms with Gasteiger partial charge in [0.25, 0.3) is 0 Å². The number of halogens is 3. The number of nitrogens with one attached hydrogen (secondary N) is 2. The summed E-state index contributed by atoms with van der Waals surface area (Å²) in [5.74, 6) is -4.67. The van der Waals surface area contributed by atoms with Crippen molar-refractivity contribution >= 4 is 39.7 Å². The Bertz CT molecular complexity index is 2530. The van der Waals surface area contributed by atoms with E-state index in [4.69, 9.17) is 4.98 Å². The first kappa shape index (κ1) is 31.3. The van der Waals surface area contributed by atoms with Crippen LogP contribution in [0.25, 0.3) is 44.9 Å². The number of rotatable bonds is 5. The molecule has 10 heteroatoms. The zero-order valence-corrected chi connectivity index (χ0v) is 25.8. The number of hydrogen-bond acceptors (Lipinski definition) is 7. The van der Waals surface area contributed by atoms with Gasteiger partial charge in [0.1, 0.15) is 29.0 Å². The van der Waals surface area contributed by atoms with Crippen LogP contribution in [0.4, 0.5) is 18.9 Å². The van der Waals surface area contributed by atoms with E-state index in [1.54, 1.807) is 72.8 Å². The summed E-state index contributed by atoms with van der Waals surface area (Å²) in [7, 11) is 0. The number of fused-ring (bicyclic) bond motifs is 3. The third kappa shape index (κ3) is 5.22. The van der Waals surface area contributed by atoms with Crippen LogP contribution in [-0.4, -0.2) is 16.4 Å². The third-order valence-electron chi connectivity index (χ3n) is 8.33. The number of benzene rings is 5. The zero-order chi connectivity index (χ0) is 34.9. The molecule has 0 radical (unpaired) electrons. The Labute approximate surface area is 283 Å². The van der Waals surface area contributed by atoms with Crippen molar-refractivity contribution in [1.29, 1.82) is 21.2 Å². The Hall–Kier alpha value is -7.35. The minimum atomic E-state index is -1.61. The van der Waals surface area contributed by atoms with Crippen molar-refractivity contribution in [2.45, 2.75) is 0 Å². The first-order valence-electron chi connectivity index (χ1n) is 15.1. The highest BCUT2D eigenvalue weighted by atomic mass is 19.1. The molecule has 1 aromatic heterocycles. The number of hydrazone groups is 1. The van der Waals surface area contributed by atoms with Crippen LogP contribution in [0.15, 0.2) is 108 Å². The number of nitrogens with zero attached hydrogens (tertiary/aromatic N) is 5. The van der Waals surface area contributed by atoms with Crippen LogP contribution in [0.5, 0.6) is 0 Å². The van der Waals surface area contributed by atoms with Crippen LogP contribution in [0.3, 0.4) is 0 Å². The zero-order valence-electron chi connectivity index (χ0n) is 25.8. The molecule has 6 aromatic rings. The number of nitriles is 3. The fraction of sp³-hybridized carbons (Fsp3) is 0. The van der Waals surface area contributed by atoms with E-state index in [1.165, 1.54) is 18.2 Å². The summed E-state index contributed by atoms with van der Waals surface area (Å²) >= 11 is 0. The van der Waals surface area contributed by atoms with Gasteiger partial charge in [0.15, 0.2) is 17.5 Å². The van der Waals surface area contributed by atoms with Gasteiger partial charge in [-0.3, -0.25) is 10.8 Å². The summed E-state index contributed by atoms with van der Waals surface area (Å²) in [5.41, 5.74) is 3.81. The van der Waals surface area contributed by atoms with Crippen molar-refractivity contribution < 1.29 is 13.2 Å². The number of hydrogen-bond donors (Lipinski definition) is 2.